The number of ether oxygens (including phenoxy) is 1. The van der Waals surface area contributed by atoms with E-state index in [1.165, 1.54) is 5.56 Å². The standard InChI is InChI=1S/C18H16Br2N2O2/c1-11(2)13-5-8-16(15(20)9-13)23-10-17-21-18(22-24-17)12-3-6-14(19)7-4-12/h3-9,11H,10H2,1-2H3. The lowest BCUT2D eigenvalue weighted by Crippen LogP contribution is -1.97. The topological polar surface area (TPSA) is 48.2 Å². The minimum Gasteiger partial charge on any atom is -0.483 e. The Balaban J connectivity index is 1.68. The van der Waals surface area contributed by atoms with Gasteiger partial charge in [0.25, 0.3) is 5.89 Å². The summed E-state index contributed by atoms with van der Waals surface area (Å²) in [6.45, 7) is 4.54. The van der Waals surface area contributed by atoms with Gasteiger partial charge in [0.1, 0.15) is 5.75 Å². The fourth-order valence-corrected chi connectivity index (χ4v) is 2.94. The summed E-state index contributed by atoms with van der Waals surface area (Å²) in [6.07, 6.45) is 0. The average Bonchev–Trinajstić information content (AvgIpc) is 3.03. The molecule has 3 aromatic rings. The molecule has 0 unspecified atom stereocenters. The molecule has 0 aliphatic rings. The molecule has 0 aliphatic heterocycles. The van der Waals surface area contributed by atoms with Crippen LogP contribution in [0.3, 0.4) is 0 Å². The first-order valence-corrected chi connectivity index (χ1v) is 9.12. The first-order valence-electron chi connectivity index (χ1n) is 7.53. The normalized spacial score (nSPS) is 11.0. The zero-order valence-electron chi connectivity index (χ0n) is 13.3. The van der Waals surface area contributed by atoms with E-state index in [1.54, 1.807) is 0 Å². The number of aromatic nitrogens is 2. The third kappa shape index (κ3) is 4.05. The van der Waals surface area contributed by atoms with Crippen LogP contribution in [0, 0.1) is 0 Å². The Morgan fingerprint density at radius 2 is 1.83 bits per heavy atom. The molecule has 0 spiro atoms. The van der Waals surface area contributed by atoms with Crippen LogP contribution in [-0.4, -0.2) is 10.1 Å². The van der Waals surface area contributed by atoms with Crippen LogP contribution in [0.1, 0.15) is 31.2 Å². The van der Waals surface area contributed by atoms with Crippen LogP contribution >= 0.6 is 31.9 Å². The summed E-state index contributed by atoms with van der Waals surface area (Å²) in [5.41, 5.74) is 2.15. The maximum absolute atomic E-state index is 5.78. The van der Waals surface area contributed by atoms with Gasteiger partial charge in [0.2, 0.25) is 5.82 Å². The van der Waals surface area contributed by atoms with Gasteiger partial charge in [0, 0.05) is 10.0 Å². The molecule has 6 heteroatoms. The van der Waals surface area contributed by atoms with Gasteiger partial charge in [0.05, 0.1) is 4.47 Å². The second-order valence-corrected chi connectivity index (χ2v) is 7.42. The number of hydrogen-bond donors (Lipinski definition) is 0. The molecule has 0 saturated carbocycles. The number of halogens is 2. The summed E-state index contributed by atoms with van der Waals surface area (Å²) >= 11 is 6.95. The molecule has 1 heterocycles. The maximum atomic E-state index is 5.78. The zero-order chi connectivity index (χ0) is 17.1. The molecule has 24 heavy (non-hydrogen) atoms. The predicted molar refractivity (Wildman–Crippen MR) is 100.0 cm³/mol. The third-order valence-corrected chi connectivity index (χ3v) is 4.69. The van der Waals surface area contributed by atoms with Crippen molar-refractivity contribution in [1.82, 2.24) is 10.1 Å². The van der Waals surface area contributed by atoms with E-state index in [9.17, 15) is 0 Å². The molecule has 4 nitrogen and oxygen atoms in total. The van der Waals surface area contributed by atoms with Gasteiger partial charge in [-0.25, -0.2) is 0 Å². The van der Waals surface area contributed by atoms with Crippen LogP contribution in [0.2, 0.25) is 0 Å². The highest BCUT2D eigenvalue weighted by atomic mass is 79.9. The summed E-state index contributed by atoms with van der Waals surface area (Å²) in [5, 5.41) is 3.99. The van der Waals surface area contributed by atoms with Crippen molar-refractivity contribution in [1.29, 1.82) is 0 Å². The molecule has 0 fully saturated rings. The Labute approximate surface area is 157 Å². The monoisotopic (exact) mass is 450 g/mol. The van der Waals surface area contributed by atoms with Crippen molar-refractivity contribution in [2.24, 2.45) is 0 Å². The Morgan fingerprint density at radius 3 is 2.50 bits per heavy atom. The van der Waals surface area contributed by atoms with Crippen molar-refractivity contribution in [3.63, 3.8) is 0 Å². The minimum absolute atomic E-state index is 0.225. The average molecular weight is 452 g/mol. The Kier molecular flexibility index (Phi) is 5.36. The first-order chi connectivity index (χ1) is 11.5. The number of nitrogens with zero attached hydrogens (tertiary/aromatic N) is 2. The lowest BCUT2D eigenvalue weighted by atomic mass is 10.0. The van der Waals surface area contributed by atoms with Gasteiger partial charge in [0.15, 0.2) is 6.61 Å². The highest BCUT2D eigenvalue weighted by molar-refractivity contribution is 9.10. The summed E-state index contributed by atoms with van der Waals surface area (Å²) in [4.78, 5) is 4.37. The minimum atomic E-state index is 0.225. The molecule has 3 rings (SSSR count). The second-order valence-electron chi connectivity index (χ2n) is 5.65. The largest absolute Gasteiger partial charge is 0.483 e. The summed E-state index contributed by atoms with van der Waals surface area (Å²) in [6, 6.07) is 13.8. The van der Waals surface area contributed by atoms with E-state index in [1.807, 2.05) is 30.3 Å². The van der Waals surface area contributed by atoms with Gasteiger partial charge < -0.3 is 9.26 Å². The van der Waals surface area contributed by atoms with Crippen LogP contribution < -0.4 is 4.74 Å². The van der Waals surface area contributed by atoms with Gasteiger partial charge in [-0.2, -0.15) is 4.98 Å². The molecule has 0 atom stereocenters. The highest BCUT2D eigenvalue weighted by Crippen LogP contribution is 2.29. The molecule has 0 bridgehead atoms. The van der Waals surface area contributed by atoms with Crippen molar-refractivity contribution in [3.05, 3.63) is 62.9 Å². The van der Waals surface area contributed by atoms with E-state index >= 15 is 0 Å². The van der Waals surface area contributed by atoms with Crippen LogP contribution in [0.25, 0.3) is 11.4 Å². The van der Waals surface area contributed by atoms with Crippen LogP contribution in [0.15, 0.2) is 55.9 Å². The maximum Gasteiger partial charge on any atom is 0.264 e. The summed E-state index contributed by atoms with van der Waals surface area (Å²) in [5.74, 6) is 2.21. The Bertz CT molecular complexity index is 829. The molecular weight excluding hydrogens is 436 g/mol. The molecule has 0 N–H and O–H groups in total. The van der Waals surface area contributed by atoms with E-state index in [0.29, 0.717) is 17.6 Å². The number of benzene rings is 2. The lowest BCUT2D eigenvalue weighted by molar-refractivity contribution is 0.241. The van der Waals surface area contributed by atoms with Crippen molar-refractivity contribution >= 4 is 31.9 Å². The van der Waals surface area contributed by atoms with Crippen molar-refractivity contribution in [2.45, 2.75) is 26.4 Å². The van der Waals surface area contributed by atoms with Gasteiger partial charge in [-0.1, -0.05) is 41.0 Å². The number of rotatable bonds is 5. The zero-order valence-corrected chi connectivity index (χ0v) is 16.5. The molecule has 0 saturated heterocycles. The Morgan fingerprint density at radius 1 is 1.08 bits per heavy atom. The SMILES string of the molecule is CC(C)c1ccc(OCc2nc(-c3ccc(Br)cc3)no2)c(Br)c1. The van der Waals surface area contributed by atoms with E-state index in [4.69, 9.17) is 9.26 Å². The fourth-order valence-electron chi connectivity index (χ4n) is 2.16. The van der Waals surface area contributed by atoms with Gasteiger partial charge in [-0.05, 0) is 63.8 Å². The molecule has 124 valence electrons. The van der Waals surface area contributed by atoms with Crippen LogP contribution in [0.4, 0.5) is 0 Å². The van der Waals surface area contributed by atoms with Gasteiger partial charge in [-0.3, -0.25) is 0 Å². The first kappa shape index (κ1) is 17.2. The lowest BCUT2D eigenvalue weighted by Gasteiger charge is -2.10. The molecule has 2 aromatic carbocycles. The molecule has 0 radical (unpaired) electrons. The third-order valence-electron chi connectivity index (χ3n) is 3.54. The molecule has 0 aliphatic carbocycles. The van der Waals surface area contributed by atoms with E-state index in [-0.39, 0.29) is 6.61 Å². The molecule has 0 amide bonds. The van der Waals surface area contributed by atoms with Crippen molar-refractivity contribution in [3.8, 4) is 17.1 Å². The van der Waals surface area contributed by atoms with Crippen LogP contribution in [0.5, 0.6) is 5.75 Å². The summed E-state index contributed by atoms with van der Waals surface area (Å²) < 4.78 is 13.0. The van der Waals surface area contributed by atoms with Crippen LogP contribution in [-0.2, 0) is 6.61 Å². The quantitative estimate of drug-likeness (QED) is 0.479. The van der Waals surface area contributed by atoms with Gasteiger partial charge in [-0.15, -0.1) is 0 Å². The summed E-state index contributed by atoms with van der Waals surface area (Å²) in [7, 11) is 0. The van der Waals surface area contributed by atoms with Crippen molar-refractivity contribution < 1.29 is 9.26 Å². The van der Waals surface area contributed by atoms with E-state index in [0.717, 1.165) is 20.3 Å². The van der Waals surface area contributed by atoms with E-state index in [2.05, 4.69) is 68.0 Å². The number of hydrogen-bond acceptors (Lipinski definition) is 4. The second kappa shape index (κ2) is 7.49. The fraction of sp³-hybridized carbons (Fsp3) is 0.222. The Hall–Kier alpha value is -1.66. The molecular formula is C18H16Br2N2O2. The van der Waals surface area contributed by atoms with Gasteiger partial charge >= 0.3 is 0 Å². The smallest absolute Gasteiger partial charge is 0.264 e. The van der Waals surface area contributed by atoms with Crippen molar-refractivity contribution in [2.75, 3.05) is 0 Å². The highest BCUT2D eigenvalue weighted by Gasteiger charge is 2.11. The predicted octanol–water partition coefficient (Wildman–Crippen LogP) is 5.96. The molecule has 1 aromatic heterocycles. The van der Waals surface area contributed by atoms with E-state index < -0.39 is 0 Å².